The molecule has 6 nitrogen and oxygen atoms in total. The second-order valence-corrected chi connectivity index (χ2v) is 6.27. The lowest BCUT2D eigenvalue weighted by molar-refractivity contribution is -0.156. The van der Waals surface area contributed by atoms with Crippen LogP contribution in [-0.4, -0.2) is 45.5 Å². The molecular formula is C17H16N2O4. The van der Waals surface area contributed by atoms with Gasteiger partial charge in [0.25, 0.3) is 17.7 Å². The largest absolute Gasteiger partial charge is 0.278 e. The molecule has 0 bridgehead atoms. The van der Waals surface area contributed by atoms with Gasteiger partial charge in [-0.15, -0.1) is 0 Å². The molecule has 3 aliphatic rings. The van der Waals surface area contributed by atoms with Crippen LogP contribution in [0.5, 0.6) is 0 Å². The standard InChI is InChI=1S/C17H16N2O4/c20-14-9-8-13(17(23)18(14)10-4-3-5-10)19-15(21)11-6-1-2-7-12(11)16(19)22/h1-2,6-7,10,13H,3-5,8-9H2. The highest BCUT2D eigenvalue weighted by Crippen LogP contribution is 2.33. The summed E-state index contributed by atoms with van der Waals surface area (Å²) in [6, 6.07) is 5.66. The number of fused-ring (bicyclic) bond motifs is 1. The molecule has 1 aliphatic carbocycles. The molecule has 1 atom stereocenters. The molecule has 6 heteroatoms. The van der Waals surface area contributed by atoms with E-state index in [9.17, 15) is 19.2 Å². The van der Waals surface area contributed by atoms with Gasteiger partial charge in [0.15, 0.2) is 0 Å². The van der Waals surface area contributed by atoms with Gasteiger partial charge in [-0.2, -0.15) is 0 Å². The lowest BCUT2D eigenvalue weighted by Crippen LogP contribution is -2.59. The lowest BCUT2D eigenvalue weighted by atomic mass is 9.88. The fraction of sp³-hybridized carbons (Fsp3) is 0.412. The van der Waals surface area contributed by atoms with Crippen LogP contribution in [0.15, 0.2) is 24.3 Å². The smallest absolute Gasteiger partial charge is 0.262 e. The van der Waals surface area contributed by atoms with E-state index in [0.29, 0.717) is 11.1 Å². The van der Waals surface area contributed by atoms with E-state index in [1.54, 1.807) is 24.3 Å². The van der Waals surface area contributed by atoms with Gasteiger partial charge in [-0.3, -0.25) is 29.0 Å². The van der Waals surface area contributed by atoms with Crippen molar-refractivity contribution in [3.05, 3.63) is 35.4 Å². The van der Waals surface area contributed by atoms with Gasteiger partial charge < -0.3 is 0 Å². The molecule has 0 aromatic heterocycles. The van der Waals surface area contributed by atoms with Crippen LogP contribution >= 0.6 is 0 Å². The third-order valence-electron chi connectivity index (χ3n) is 5.00. The van der Waals surface area contributed by atoms with E-state index in [1.807, 2.05) is 0 Å². The molecule has 1 saturated carbocycles. The Balaban J connectivity index is 1.66. The van der Waals surface area contributed by atoms with Crippen LogP contribution in [0.2, 0.25) is 0 Å². The molecule has 0 N–H and O–H groups in total. The zero-order chi connectivity index (χ0) is 16.1. The van der Waals surface area contributed by atoms with Gasteiger partial charge in [-0.05, 0) is 37.8 Å². The maximum absolute atomic E-state index is 12.8. The molecule has 2 heterocycles. The van der Waals surface area contributed by atoms with E-state index in [2.05, 4.69) is 0 Å². The number of hydrogen-bond donors (Lipinski definition) is 0. The van der Waals surface area contributed by atoms with Gasteiger partial charge in [0, 0.05) is 12.5 Å². The van der Waals surface area contributed by atoms with Gasteiger partial charge in [0.1, 0.15) is 6.04 Å². The van der Waals surface area contributed by atoms with Crippen LogP contribution in [0.4, 0.5) is 0 Å². The van der Waals surface area contributed by atoms with Crippen molar-refractivity contribution in [1.82, 2.24) is 9.80 Å². The number of rotatable bonds is 2. The molecule has 1 saturated heterocycles. The predicted octanol–water partition coefficient (Wildman–Crippen LogP) is 1.35. The van der Waals surface area contributed by atoms with Crippen molar-refractivity contribution < 1.29 is 19.2 Å². The molecule has 4 amide bonds. The van der Waals surface area contributed by atoms with Crippen molar-refractivity contribution in [3.63, 3.8) is 0 Å². The van der Waals surface area contributed by atoms with E-state index < -0.39 is 23.8 Å². The van der Waals surface area contributed by atoms with E-state index >= 15 is 0 Å². The van der Waals surface area contributed by atoms with E-state index in [4.69, 9.17) is 0 Å². The third kappa shape index (κ3) is 1.94. The first-order valence-electron chi connectivity index (χ1n) is 7.92. The summed E-state index contributed by atoms with van der Waals surface area (Å²) in [5, 5.41) is 0. The zero-order valence-corrected chi connectivity index (χ0v) is 12.5. The summed E-state index contributed by atoms with van der Waals surface area (Å²) >= 11 is 0. The van der Waals surface area contributed by atoms with Gasteiger partial charge in [0.05, 0.1) is 11.1 Å². The Kier molecular flexibility index (Phi) is 3.07. The summed E-state index contributed by atoms with van der Waals surface area (Å²) in [4.78, 5) is 52.3. The first-order chi connectivity index (χ1) is 11.1. The monoisotopic (exact) mass is 312 g/mol. The molecule has 1 unspecified atom stereocenters. The van der Waals surface area contributed by atoms with Crippen LogP contribution in [0.1, 0.15) is 52.8 Å². The van der Waals surface area contributed by atoms with Gasteiger partial charge in [0.2, 0.25) is 5.91 Å². The summed E-state index contributed by atoms with van der Waals surface area (Å²) in [6.45, 7) is 0. The number of hydrogen-bond acceptors (Lipinski definition) is 4. The summed E-state index contributed by atoms with van der Waals surface area (Å²) in [5.74, 6) is -1.47. The van der Waals surface area contributed by atoms with Crippen LogP contribution in [-0.2, 0) is 9.59 Å². The minimum atomic E-state index is -0.860. The second-order valence-electron chi connectivity index (χ2n) is 6.27. The van der Waals surface area contributed by atoms with Gasteiger partial charge >= 0.3 is 0 Å². The molecule has 2 fully saturated rings. The number of amides is 4. The number of piperidine rings is 1. The van der Waals surface area contributed by atoms with Gasteiger partial charge in [-0.25, -0.2) is 0 Å². The quantitative estimate of drug-likeness (QED) is 0.773. The Hall–Kier alpha value is -2.50. The topological polar surface area (TPSA) is 74.8 Å². The van der Waals surface area contributed by atoms with E-state index in [1.165, 1.54) is 4.90 Å². The Morgan fingerprint density at radius 3 is 1.96 bits per heavy atom. The minimum absolute atomic E-state index is 0.0621. The summed E-state index contributed by atoms with van der Waals surface area (Å²) < 4.78 is 0. The molecule has 0 radical (unpaired) electrons. The zero-order valence-electron chi connectivity index (χ0n) is 12.5. The number of likely N-dealkylation sites (tertiary alicyclic amines) is 1. The normalized spacial score (nSPS) is 25.0. The van der Waals surface area contributed by atoms with Gasteiger partial charge in [-0.1, -0.05) is 12.1 Å². The maximum Gasteiger partial charge on any atom is 0.262 e. The van der Waals surface area contributed by atoms with Crippen molar-refractivity contribution >= 4 is 23.6 Å². The lowest BCUT2D eigenvalue weighted by Gasteiger charge is -2.42. The maximum atomic E-state index is 12.8. The molecule has 23 heavy (non-hydrogen) atoms. The van der Waals surface area contributed by atoms with Crippen molar-refractivity contribution in [2.45, 2.75) is 44.2 Å². The highest BCUT2D eigenvalue weighted by Gasteiger charge is 2.48. The Morgan fingerprint density at radius 1 is 0.826 bits per heavy atom. The van der Waals surface area contributed by atoms with Crippen LogP contribution in [0.25, 0.3) is 0 Å². The molecule has 0 spiro atoms. The number of carbonyl (C=O) groups excluding carboxylic acids is 4. The van der Waals surface area contributed by atoms with Crippen LogP contribution in [0.3, 0.4) is 0 Å². The van der Waals surface area contributed by atoms with Crippen molar-refractivity contribution in [1.29, 1.82) is 0 Å². The first kappa shape index (κ1) is 14.1. The highest BCUT2D eigenvalue weighted by molar-refractivity contribution is 6.23. The Morgan fingerprint density at radius 2 is 1.43 bits per heavy atom. The van der Waals surface area contributed by atoms with Crippen LogP contribution < -0.4 is 0 Å². The molecular weight excluding hydrogens is 296 g/mol. The molecule has 118 valence electrons. The first-order valence-corrected chi connectivity index (χ1v) is 7.92. The fourth-order valence-electron chi connectivity index (χ4n) is 3.55. The van der Waals surface area contributed by atoms with E-state index in [0.717, 1.165) is 24.2 Å². The predicted molar refractivity (Wildman–Crippen MR) is 79.5 cm³/mol. The summed E-state index contributed by atoms with van der Waals surface area (Å²) in [5.41, 5.74) is 0.662. The minimum Gasteiger partial charge on any atom is -0.278 e. The second kappa shape index (κ2) is 5.01. The van der Waals surface area contributed by atoms with E-state index in [-0.39, 0.29) is 24.8 Å². The number of nitrogens with zero attached hydrogens (tertiary/aromatic N) is 2. The van der Waals surface area contributed by atoms with Crippen LogP contribution in [0, 0.1) is 0 Å². The fourth-order valence-corrected chi connectivity index (χ4v) is 3.55. The average molecular weight is 312 g/mol. The Bertz CT molecular complexity index is 703. The van der Waals surface area contributed by atoms with Crippen molar-refractivity contribution in [2.75, 3.05) is 0 Å². The molecule has 2 aliphatic heterocycles. The number of benzene rings is 1. The summed E-state index contributed by atoms with van der Waals surface area (Å²) in [6.07, 6.45) is 3.03. The SMILES string of the molecule is O=C1CCC(N2C(=O)c3ccccc3C2=O)C(=O)N1C1CCC1. The number of imide groups is 2. The van der Waals surface area contributed by atoms with Crippen molar-refractivity contribution in [3.8, 4) is 0 Å². The molecule has 1 aromatic carbocycles. The Labute approximate surface area is 133 Å². The summed E-state index contributed by atoms with van der Waals surface area (Å²) in [7, 11) is 0. The highest BCUT2D eigenvalue weighted by atomic mass is 16.2. The molecule has 4 rings (SSSR count). The molecule has 1 aromatic rings. The average Bonchev–Trinajstić information content (AvgIpc) is 2.75. The van der Waals surface area contributed by atoms with Crippen molar-refractivity contribution in [2.24, 2.45) is 0 Å². The number of carbonyl (C=O) groups is 4. The third-order valence-corrected chi connectivity index (χ3v) is 5.00.